The van der Waals surface area contributed by atoms with Gasteiger partial charge in [-0.05, 0) is 71.1 Å². The second-order valence-electron chi connectivity index (χ2n) is 11.4. The van der Waals surface area contributed by atoms with E-state index in [4.69, 9.17) is 4.74 Å². The first-order valence-corrected chi connectivity index (χ1v) is 13.6. The van der Waals surface area contributed by atoms with Crippen LogP contribution >= 0.6 is 0 Å². The minimum atomic E-state index is -0.997. The van der Waals surface area contributed by atoms with Gasteiger partial charge in [-0.2, -0.15) is 0 Å². The van der Waals surface area contributed by atoms with Crippen molar-refractivity contribution in [2.24, 2.45) is 5.92 Å². The van der Waals surface area contributed by atoms with Crippen molar-refractivity contribution in [2.45, 2.75) is 118 Å². The molecule has 8 heteroatoms. The van der Waals surface area contributed by atoms with Gasteiger partial charge < -0.3 is 25.4 Å². The molecule has 210 valence electrons. The number of phenolic OH excluding ortho intramolecular Hbond substituents is 1. The molecule has 3 atom stereocenters. The Kier molecular flexibility index (Phi) is 12.4. The van der Waals surface area contributed by atoms with Crippen LogP contribution in [-0.4, -0.2) is 51.6 Å². The zero-order chi connectivity index (χ0) is 28.4. The molecule has 3 N–H and O–H groups in total. The molecule has 0 spiro atoms. The molecule has 0 aliphatic heterocycles. The summed E-state index contributed by atoms with van der Waals surface area (Å²) in [5.41, 5.74) is -0.962. The van der Waals surface area contributed by atoms with Crippen LogP contribution < -0.4 is 10.6 Å². The maximum absolute atomic E-state index is 14.3. The van der Waals surface area contributed by atoms with Gasteiger partial charge in [0.05, 0.1) is 0 Å². The van der Waals surface area contributed by atoms with Crippen molar-refractivity contribution in [3.8, 4) is 5.75 Å². The molecule has 0 aliphatic rings. The van der Waals surface area contributed by atoms with E-state index in [2.05, 4.69) is 17.6 Å². The molecule has 8 nitrogen and oxygen atoms in total. The molecule has 0 heterocycles. The van der Waals surface area contributed by atoms with Crippen molar-refractivity contribution < 1.29 is 24.2 Å². The summed E-state index contributed by atoms with van der Waals surface area (Å²) < 4.78 is 5.46. The largest absolute Gasteiger partial charge is 0.508 e. The van der Waals surface area contributed by atoms with Crippen LogP contribution in [0, 0.1) is 5.92 Å². The lowest BCUT2D eigenvalue weighted by molar-refractivity contribution is -0.150. The zero-order valence-electron chi connectivity index (χ0n) is 24.3. The summed E-state index contributed by atoms with van der Waals surface area (Å²) in [7, 11) is 0. The molecule has 0 fully saturated rings. The first-order valence-electron chi connectivity index (χ1n) is 13.6. The highest BCUT2D eigenvalue weighted by Gasteiger charge is 2.44. The molecule has 37 heavy (non-hydrogen) atoms. The zero-order valence-corrected chi connectivity index (χ0v) is 24.3. The number of phenols is 1. The van der Waals surface area contributed by atoms with Crippen molar-refractivity contribution in [3.05, 3.63) is 29.8 Å². The van der Waals surface area contributed by atoms with E-state index in [0.29, 0.717) is 24.9 Å². The first-order chi connectivity index (χ1) is 17.2. The Morgan fingerprint density at radius 2 is 1.70 bits per heavy atom. The number of rotatable bonds is 13. The Bertz CT molecular complexity index is 894. The maximum atomic E-state index is 14.3. The molecule has 3 unspecified atom stereocenters. The van der Waals surface area contributed by atoms with Crippen molar-refractivity contribution in [1.82, 2.24) is 15.5 Å². The number of aromatic hydroxyl groups is 1. The van der Waals surface area contributed by atoms with Gasteiger partial charge in [0.2, 0.25) is 11.8 Å². The van der Waals surface area contributed by atoms with Crippen LogP contribution in [0.5, 0.6) is 5.75 Å². The summed E-state index contributed by atoms with van der Waals surface area (Å²) in [6.07, 6.45) is 3.35. The highest BCUT2D eigenvalue weighted by atomic mass is 16.6. The van der Waals surface area contributed by atoms with Gasteiger partial charge in [0.1, 0.15) is 23.4 Å². The van der Waals surface area contributed by atoms with Crippen LogP contribution in [0.1, 0.15) is 106 Å². The lowest BCUT2D eigenvalue weighted by Crippen LogP contribution is -2.60. The topological polar surface area (TPSA) is 108 Å². The van der Waals surface area contributed by atoms with Crippen LogP contribution in [0.3, 0.4) is 0 Å². The van der Waals surface area contributed by atoms with Gasteiger partial charge >= 0.3 is 6.09 Å². The summed E-state index contributed by atoms with van der Waals surface area (Å²) in [6.45, 7) is 17.5. The van der Waals surface area contributed by atoms with Crippen LogP contribution in [-0.2, 0) is 14.3 Å². The number of carbonyl (C=O) groups is 3. The van der Waals surface area contributed by atoms with E-state index in [-0.39, 0.29) is 23.5 Å². The molecular formula is C29H49N3O5. The van der Waals surface area contributed by atoms with Gasteiger partial charge in [0.25, 0.3) is 0 Å². The van der Waals surface area contributed by atoms with Crippen molar-refractivity contribution in [1.29, 1.82) is 0 Å². The van der Waals surface area contributed by atoms with Crippen molar-refractivity contribution >= 4 is 17.9 Å². The smallest absolute Gasteiger partial charge is 0.408 e. The Morgan fingerprint density at radius 1 is 1.05 bits per heavy atom. The third kappa shape index (κ3) is 9.90. The second-order valence-corrected chi connectivity index (χ2v) is 11.4. The molecule has 0 aromatic heterocycles. The van der Waals surface area contributed by atoms with E-state index < -0.39 is 29.3 Å². The third-order valence-corrected chi connectivity index (χ3v) is 6.68. The first kappa shape index (κ1) is 32.3. The van der Waals surface area contributed by atoms with E-state index in [1.54, 1.807) is 37.8 Å². The summed E-state index contributed by atoms with van der Waals surface area (Å²) >= 11 is 0. The fourth-order valence-electron chi connectivity index (χ4n) is 4.01. The molecule has 0 saturated heterocycles. The Hall–Kier alpha value is -2.77. The number of carbonyl (C=O) groups excluding carboxylic acids is 3. The molecule has 0 radical (unpaired) electrons. The van der Waals surface area contributed by atoms with Gasteiger partial charge in [-0.15, -0.1) is 0 Å². The number of nitrogens with zero attached hydrogens (tertiary/aromatic N) is 1. The molecule has 1 aromatic rings. The average molecular weight is 520 g/mol. The number of hydrogen-bond acceptors (Lipinski definition) is 5. The summed E-state index contributed by atoms with van der Waals surface area (Å²) in [5.74, 6) is -0.901. The molecule has 1 rings (SSSR count). The third-order valence-electron chi connectivity index (χ3n) is 6.68. The van der Waals surface area contributed by atoms with Gasteiger partial charge in [0, 0.05) is 12.1 Å². The van der Waals surface area contributed by atoms with Crippen LogP contribution in [0.15, 0.2) is 24.3 Å². The highest BCUT2D eigenvalue weighted by molar-refractivity contribution is 5.93. The average Bonchev–Trinajstić information content (AvgIpc) is 2.81. The fourth-order valence-corrected chi connectivity index (χ4v) is 4.01. The van der Waals surface area contributed by atoms with E-state index >= 15 is 0 Å². The molecular weight excluding hydrogens is 470 g/mol. The standard InChI is InChI=1S/C29H49N3O5/c1-10-13-14-18-30-25(34)24(21-16-15-17-22(33)19-21)32(29(8,9)12-3)26(35)23(20(4)11-2)31-27(36)37-28(5,6)7/h15-17,19-20,23-24,33H,10-14,18H2,1-9H3,(H,30,34)(H,31,36). The predicted octanol–water partition coefficient (Wildman–Crippen LogP) is 5.70. The van der Waals surface area contributed by atoms with Gasteiger partial charge in [-0.25, -0.2) is 4.79 Å². The summed E-state index contributed by atoms with van der Waals surface area (Å²) in [6, 6.07) is 4.54. The van der Waals surface area contributed by atoms with Crippen molar-refractivity contribution in [3.63, 3.8) is 0 Å². The Morgan fingerprint density at radius 3 is 2.22 bits per heavy atom. The highest BCUT2D eigenvalue weighted by Crippen LogP contribution is 2.34. The summed E-state index contributed by atoms with van der Waals surface area (Å²) in [5, 5.41) is 16.0. The molecule has 3 amide bonds. The van der Waals surface area contributed by atoms with Gasteiger partial charge in [-0.3, -0.25) is 9.59 Å². The van der Waals surface area contributed by atoms with Crippen LogP contribution in [0.25, 0.3) is 0 Å². The minimum Gasteiger partial charge on any atom is -0.508 e. The quantitative estimate of drug-likeness (QED) is 0.290. The predicted molar refractivity (Wildman–Crippen MR) is 147 cm³/mol. The van der Waals surface area contributed by atoms with Gasteiger partial charge in [0.15, 0.2) is 0 Å². The van der Waals surface area contributed by atoms with Crippen LogP contribution in [0.2, 0.25) is 0 Å². The van der Waals surface area contributed by atoms with E-state index in [0.717, 1.165) is 19.3 Å². The molecule has 0 aliphatic carbocycles. The van der Waals surface area contributed by atoms with E-state index in [9.17, 15) is 19.5 Å². The number of amides is 3. The normalized spacial score (nSPS) is 14.3. The lowest BCUT2D eigenvalue weighted by Gasteiger charge is -2.45. The number of benzene rings is 1. The number of hydrogen-bond donors (Lipinski definition) is 3. The SMILES string of the molecule is CCCCCNC(=O)C(c1cccc(O)c1)N(C(=O)C(NC(=O)OC(C)(C)C)C(C)CC)C(C)(C)CC. The van der Waals surface area contributed by atoms with E-state index in [1.807, 2.05) is 34.6 Å². The number of nitrogens with one attached hydrogen (secondary N) is 2. The minimum absolute atomic E-state index is 0.00772. The van der Waals surface area contributed by atoms with Gasteiger partial charge in [-0.1, -0.05) is 59.1 Å². The second kappa shape index (κ2) is 14.2. The Labute approximate surface area is 223 Å². The Balaban J connectivity index is 3.59. The monoisotopic (exact) mass is 519 g/mol. The number of alkyl carbamates (subject to hydrolysis) is 1. The van der Waals surface area contributed by atoms with Crippen LogP contribution in [0.4, 0.5) is 4.79 Å². The molecule has 0 saturated carbocycles. The maximum Gasteiger partial charge on any atom is 0.408 e. The van der Waals surface area contributed by atoms with E-state index in [1.165, 1.54) is 12.1 Å². The summed E-state index contributed by atoms with van der Waals surface area (Å²) in [4.78, 5) is 42.4. The lowest BCUT2D eigenvalue weighted by atomic mass is 9.89. The fraction of sp³-hybridized carbons (Fsp3) is 0.690. The molecule has 1 aromatic carbocycles. The molecule has 0 bridgehead atoms. The van der Waals surface area contributed by atoms with Crippen molar-refractivity contribution in [2.75, 3.05) is 6.54 Å². The number of unbranched alkanes of at least 4 members (excludes halogenated alkanes) is 2. The number of ether oxygens (including phenoxy) is 1.